The third-order valence-electron chi connectivity index (χ3n) is 2.73. The van der Waals surface area contributed by atoms with E-state index in [1.54, 1.807) is 18.2 Å². The molecule has 1 amide bonds. The van der Waals surface area contributed by atoms with E-state index < -0.39 is 10.0 Å². The van der Waals surface area contributed by atoms with Gasteiger partial charge in [-0.3, -0.25) is 4.79 Å². The first kappa shape index (κ1) is 14.8. The fraction of sp³-hybridized carbons (Fsp3) is 0.250. The van der Waals surface area contributed by atoms with Crippen molar-refractivity contribution in [2.45, 2.75) is 0 Å². The monoisotopic (exact) mass is 313 g/mol. The molecule has 2 aromatic rings. The Kier molecular flexibility index (Phi) is 4.26. The van der Waals surface area contributed by atoms with Gasteiger partial charge in [0, 0.05) is 16.9 Å². The molecule has 4 N–H and O–H groups in total. The fourth-order valence-corrected chi connectivity index (χ4v) is 3.20. The number of thiophene rings is 1. The Morgan fingerprint density at radius 3 is 2.80 bits per heavy atom. The number of carbonyl (C=O) groups is 1. The number of hydrogen-bond acceptors (Lipinski definition) is 5. The van der Waals surface area contributed by atoms with E-state index in [0.717, 1.165) is 10.1 Å². The van der Waals surface area contributed by atoms with Gasteiger partial charge in [-0.05, 0) is 36.7 Å². The molecule has 6 nitrogen and oxygen atoms in total. The van der Waals surface area contributed by atoms with Crippen LogP contribution in [-0.4, -0.2) is 33.7 Å². The van der Waals surface area contributed by atoms with Crippen LogP contribution < -0.4 is 15.8 Å². The average Bonchev–Trinajstić information content (AvgIpc) is 2.81. The highest BCUT2D eigenvalue weighted by Crippen LogP contribution is 2.27. The van der Waals surface area contributed by atoms with Crippen molar-refractivity contribution in [3.8, 4) is 0 Å². The molecule has 0 saturated heterocycles. The molecular formula is C12H15N3O3S2. The van der Waals surface area contributed by atoms with Crippen LogP contribution in [0.1, 0.15) is 9.67 Å². The topological polar surface area (TPSA) is 101 Å². The molecule has 0 unspecified atom stereocenters. The van der Waals surface area contributed by atoms with Crippen molar-refractivity contribution in [3.05, 3.63) is 29.1 Å². The molecule has 0 saturated carbocycles. The lowest BCUT2D eigenvalue weighted by molar-refractivity contribution is 0.0960. The zero-order chi connectivity index (χ0) is 14.8. The summed E-state index contributed by atoms with van der Waals surface area (Å²) in [7, 11) is -1.96. The lowest BCUT2D eigenvalue weighted by atomic mass is 10.2. The van der Waals surface area contributed by atoms with Gasteiger partial charge in [-0.2, -0.15) is 0 Å². The second-order valence-electron chi connectivity index (χ2n) is 4.19. The number of carbonyl (C=O) groups excluding carboxylic acids is 1. The smallest absolute Gasteiger partial charge is 0.261 e. The summed E-state index contributed by atoms with van der Waals surface area (Å²) >= 11 is 1.35. The highest BCUT2D eigenvalue weighted by atomic mass is 32.2. The number of sulfonamides is 1. The summed E-state index contributed by atoms with van der Waals surface area (Å²) < 4.78 is 25.6. The molecule has 8 heteroatoms. The van der Waals surface area contributed by atoms with Gasteiger partial charge in [0.25, 0.3) is 5.91 Å². The summed E-state index contributed by atoms with van der Waals surface area (Å²) in [6.45, 7) is 0.0678. The van der Waals surface area contributed by atoms with Crippen LogP contribution >= 0.6 is 11.3 Å². The number of amides is 1. The van der Waals surface area contributed by atoms with Gasteiger partial charge in [0.2, 0.25) is 10.0 Å². The van der Waals surface area contributed by atoms with Crippen molar-refractivity contribution in [2.75, 3.05) is 25.1 Å². The Labute approximate surface area is 121 Å². The minimum Gasteiger partial charge on any atom is -0.399 e. The third-order valence-corrected chi connectivity index (χ3v) is 5.21. The Bertz CT molecular complexity index is 737. The van der Waals surface area contributed by atoms with Gasteiger partial charge in [0.15, 0.2) is 0 Å². The Morgan fingerprint density at radius 1 is 1.35 bits per heavy atom. The van der Waals surface area contributed by atoms with Gasteiger partial charge in [0.1, 0.15) is 0 Å². The van der Waals surface area contributed by atoms with Crippen LogP contribution in [0.4, 0.5) is 5.69 Å². The average molecular weight is 313 g/mol. The molecule has 0 spiro atoms. The van der Waals surface area contributed by atoms with Crippen molar-refractivity contribution in [1.29, 1.82) is 0 Å². The molecule has 0 fully saturated rings. The number of anilines is 1. The standard InChI is InChI=1S/C12H15N3O3S2/c1-14-20(17,18)5-4-15-12(16)11-7-8-6-9(13)2-3-10(8)19-11/h2-3,6-7,14H,4-5,13H2,1H3,(H,15,16). The Balaban J connectivity index is 2.04. The van der Waals surface area contributed by atoms with E-state index >= 15 is 0 Å². The highest BCUT2D eigenvalue weighted by molar-refractivity contribution is 7.89. The maximum Gasteiger partial charge on any atom is 0.261 e. The number of fused-ring (bicyclic) bond motifs is 1. The largest absolute Gasteiger partial charge is 0.399 e. The van der Waals surface area contributed by atoms with E-state index in [1.807, 2.05) is 6.07 Å². The Hall–Kier alpha value is -1.64. The number of rotatable bonds is 5. The first-order valence-corrected chi connectivity index (χ1v) is 8.36. The first-order valence-electron chi connectivity index (χ1n) is 5.90. The third kappa shape index (κ3) is 3.47. The van der Waals surface area contributed by atoms with E-state index in [4.69, 9.17) is 5.73 Å². The minimum atomic E-state index is -3.31. The van der Waals surface area contributed by atoms with E-state index in [0.29, 0.717) is 10.6 Å². The van der Waals surface area contributed by atoms with E-state index in [9.17, 15) is 13.2 Å². The molecule has 0 radical (unpaired) electrons. The number of nitrogens with one attached hydrogen (secondary N) is 2. The molecule has 108 valence electrons. The first-order chi connectivity index (χ1) is 9.41. The zero-order valence-corrected chi connectivity index (χ0v) is 12.5. The second kappa shape index (κ2) is 5.78. The van der Waals surface area contributed by atoms with Crippen LogP contribution in [-0.2, 0) is 10.0 Å². The van der Waals surface area contributed by atoms with Gasteiger partial charge in [0.05, 0.1) is 10.6 Å². The van der Waals surface area contributed by atoms with Crippen molar-refractivity contribution >= 4 is 43.0 Å². The molecule has 2 rings (SSSR count). The predicted octanol–water partition coefficient (Wildman–Crippen LogP) is 0.763. The minimum absolute atomic E-state index is 0.0678. The van der Waals surface area contributed by atoms with Crippen molar-refractivity contribution in [3.63, 3.8) is 0 Å². The second-order valence-corrected chi connectivity index (χ2v) is 7.32. The van der Waals surface area contributed by atoms with Crippen LogP contribution in [0.5, 0.6) is 0 Å². The summed E-state index contributed by atoms with van der Waals surface area (Å²) in [6.07, 6.45) is 0. The molecule has 20 heavy (non-hydrogen) atoms. The van der Waals surface area contributed by atoms with Crippen LogP contribution in [0.15, 0.2) is 24.3 Å². The molecule has 0 bridgehead atoms. The van der Waals surface area contributed by atoms with Gasteiger partial charge in [-0.15, -0.1) is 11.3 Å². The normalized spacial score (nSPS) is 11.7. The zero-order valence-electron chi connectivity index (χ0n) is 10.8. The summed E-state index contributed by atoms with van der Waals surface area (Å²) in [6, 6.07) is 7.18. The predicted molar refractivity (Wildman–Crippen MR) is 81.4 cm³/mol. The van der Waals surface area contributed by atoms with Gasteiger partial charge < -0.3 is 11.1 Å². The lowest BCUT2D eigenvalue weighted by Crippen LogP contribution is -2.32. The molecule has 0 atom stereocenters. The molecule has 0 aliphatic carbocycles. The molecule has 0 aliphatic rings. The number of hydrogen-bond donors (Lipinski definition) is 3. The lowest BCUT2D eigenvalue weighted by Gasteiger charge is -2.03. The van der Waals surface area contributed by atoms with Crippen LogP contribution in [0.2, 0.25) is 0 Å². The molecule has 0 aliphatic heterocycles. The summed E-state index contributed by atoms with van der Waals surface area (Å²) in [5, 5.41) is 3.49. The van der Waals surface area contributed by atoms with Gasteiger partial charge in [-0.25, -0.2) is 13.1 Å². The van der Waals surface area contributed by atoms with Crippen LogP contribution in [0.3, 0.4) is 0 Å². The van der Waals surface area contributed by atoms with E-state index in [1.165, 1.54) is 18.4 Å². The van der Waals surface area contributed by atoms with Crippen LogP contribution in [0.25, 0.3) is 10.1 Å². The number of benzene rings is 1. The Morgan fingerprint density at radius 2 is 2.10 bits per heavy atom. The van der Waals surface area contributed by atoms with Crippen molar-refractivity contribution < 1.29 is 13.2 Å². The summed E-state index contributed by atoms with van der Waals surface area (Å²) in [5.74, 6) is -0.427. The maximum atomic E-state index is 11.9. The number of nitrogens with two attached hydrogens (primary N) is 1. The number of nitrogen functional groups attached to an aromatic ring is 1. The fourth-order valence-electron chi connectivity index (χ4n) is 1.66. The van der Waals surface area contributed by atoms with Crippen molar-refractivity contribution in [2.24, 2.45) is 0 Å². The van der Waals surface area contributed by atoms with Gasteiger partial charge >= 0.3 is 0 Å². The van der Waals surface area contributed by atoms with Crippen LogP contribution in [0, 0.1) is 0 Å². The summed E-state index contributed by atoms with van der Waals surface area (Å²) in [4.78, 5) is 12.5. The summed E-state index contributed by atoms with van der Waals surface area (Å²) in [5.41, 5.74) is 6.32. The highest BCUT2D eigenvalue weighted by Gasteiger charge is 2.12. The molecular weight excluding hydrogens is 298 g/mol. The maximum absolute atomic E-state index is 11.9. The van der Waals surface area contributed by atoms with Crippen molar-refractivity contribution in [1.82, 2.24) is 10.0 Å². The van der Waals surface area contributed by atoms with Gasteiger partial charge in [-0.1, -0.05) is 0 Å². The molecule has 1 aromatic carbocycles. The van der Waals surface area contributed by atoms with E-state index in [-0.39, 0.29) is 18.2 Å². The molecule has 1 heterocycles. The molecule has 1 aromatic heterocycles. The quantitative estimate of drug-likeness (QED) is 0.709. The van der Waals surface area contributed by atoms with E-state index in [2.05, 4.69) is 10.0 Å². The SMILES string of the molecule is CNS(=O)(=O)CCNC(=O)c1cc2cc(N)ccc2s1.